The maximum atomic E-state index is 12.4. The molecule has 6 nitrogen and oxygen atoms in total. The maximum absolute atomic E-state index is 12.4. The van der Waals surface area contributed by atoms with Gasteiger partial charge in [0, 0.05) is 13.1 Å². The SMILES string of the molecule is O=S(=O)(NCCCCCCNS(=O)(=O)c1cc(Cl)c(Cl)cc1Cl)c1cc(Cl)c(Cl)cc1Cl. The Labute approximate surface area is 217 Å². The van der Waals surface area contributed by atoms with Crippen molar-refractivity contribution in [2.45, 2.75) is 35.5 Å². The molecule has 2 aromatic carbocycles. The van der Waals surface area contributed by atoms with Crippen LogP contribution in [0.25, 0.3) is 0 Å². The number of sulfonamides is 2. The molecule has 14 heteroatoms. The molecular weight excluding hydrogens is 585 g/mol. The Kier molecular flexibility index (Phi) is 10.7. The highest BCUT2D eigenvalue weighted by Crippen LogP contribution is 2.32. The molecule has 0 atom stereocenters. The Morgan fingerprint density at radius 3 is 1.16 bits per heavy atom. The van der Waals surface area contributed by atoms with Gasteiger partial charge in [0.25, 0.3) is 0 Å². The Balaban J connectivity index is 1.75. The monoisotopic (exact) mass is 600 g/mol. The third-order valence-electron chi connectivity index (χ3n) is 4.22. The summed E-state index contributed by atoms with van der Waals surface area (Å²) in [6, 6.07) is 4.93. The summed E-state index contributed by atoms with van der Waals surface area (Å²) in [5, 5.41) is 0.435. The third-order valence-corrected chi connectivity index (χ3v) is 9.51. The van der Waals surface area contributed by atoms with E-state index in [0.29, 0.717) is 25.7 Å². The van der Waals surface area contributed by atoms with E-state index in [0.717, 1.165) is 0 Å². The van der Waals surface area contributed by atoms with Crippen LogP contribution < -0.4 is 9.44 Å². The summed E-state index contributed by atoms with van der Waals surface area (Å²) < 4.78 is 54.4. The zero-order chi connectivity index (χ0) is 24.1. The van der Waals surface area contributed by atoms with Gasteiger partial charge in [-0.15, -0.1) is 0 Å². The number of rotatable bonds is 11. The van der Waals surface area contributed by atoms with E-state index < -0.39 is 20.0 Å². The van der Waals surface area contributed by atoms with E-state index in [1.165, 1.54) is 24.3 Å². The lowest BCUT2D eigenvalue weighted by molar-refractivity contribution is 0.563. The summed E-state index contributed by atoms with van der Waals surface area (Å²) in [5.74, 6) is 0. The summed E-state index contributed by atoms with van der Waals surface area (Å²) in [7, 11) is -7.68. The molecule has 0 radical (unpaired) electrons. The summed E-state index contributed by atoms with van der Waals surface area (Å²) in [4.78, 5) is -0.298. The van der Waals surface area contributed by atoms with Gasteiger partial charge < -0.3 is 0 Å². The molecular formula is C18H18Cl6N2O4S2. The molecule has 0 fully saturated rings. The van der Waals surface area contributed by atoms with Crippen LogP contribution >= 0.6 is 69.6 Å². The van der Waals surface area contributed by atoms with Crippen LogP contribution in [0.2, 0.25) is 30.1 Å². The van der Waals surface area contributed by atoms with Crippen molar-refractivity contribution >= 4 is 89.7 Å². The molecule has 0 spiro atoms. The van der Waals surface area contributed by atoms with E-state index in [1.54, 1.807) is 0 Å². The molecule has 0 saturated heterocycles. The quantitative estimate of drug-likeness (QED) is 0.229. The average Bonchev–Trinajstić information content (AvgIpc) is 2.69. The minimum Gasteiger partial charge on any atom is -0.211 e. The molecule has 178 valence electrons. The second-order valence-electron chi connectivity index (χ2n) is 6.60. The summed E-state index contributed by atoms with van der Waals surface area (Å²) in [6.45, 7) is 0.368. The molecule has 0 aliphatic rings. The number of halogens is 6. The topological polar surface area (TPSA) is 92.3 Å². The van der Waals surface area contributed by atoms with Crippen molar-refractivity contribution in [1.82, 2.24) is 9.44 Å². The molecule has 32 heavy (non-hydrogen) atoms. The van der Waals surface area contributed by atoms with Gasteiger partial charge in [0.05, 0.1) is 30.1 Å². The smallest absolute Gasteiger partial charge is 0.211 e. The molecule has 0 bridgehead atoms. The van der Waals surface area contributed by atoms with Gasteiger partial charge in [0.15, 0.2) is 0 Å². The number of benzene rings is 2. The highest BCUT2D eigenvalue weighted by atomic mass is 35.5. The predicted octanol–water partition coefficient (Wildman–Crippen LogP) is 6.42. The number of hydrogen-bond donors (Lipinski definition) is 2. The minimum atomic E-state index is -3.84. The van der Waals surface area contributed by atoms with Crippen LogP contribution in [0, 0.1) is 0 Å². The molecule has 0 aliphatic heterocycles. The number of nitrogens with one attached hydrogen (secondary N) is 2. The maximum Gasteiger partial charge on any atom is 0.242 e. The van der Waals surface area contributed by atoms with E-state index in [4.69, 9.17) is 69.6 Å². The molecule has 2 rings (SSSR count). The van der Waals surface area contributed by atoms with Gasteiger partial charge in [-0.05, 0) is 37.1 Å². The standard InChI is InChI=1S/C18H18Cl6N2O4S2/c19-11-7-15(23)17(9-13(11)21)31(27,28)25-5-3-1-2-4-6-26-32(29,30)18-10-14(22)12(20)8-16(18)24/h7-10,25-26H,1-6H2. The van der Waals surface area contributed by atoms with Crippen molar-refractivity contribution in [1.29, 1.82) is 0 Å². The zero-order valence-electron chi connectivity index (χ0n) is 16.3. The molecule has 0 aliphatic carbocycles. The van der Waals surface area contributed by atoms with Gasteiger partial charge in [0.1, 0.15) is 9.79 Å². The first kappa shape index (κ1) is 28.2. The Bertz CT molecular complexity index is 1100. The second kappa shape index (κ2) is 12.1. The van der Waals surface area contributed by atoms with Crippen LogP contribution in [0.15, 0.2) is 34.1 Å². The van der Waals surface area contributed by atoms with Crippen LogP contribution in [-0.4, -0.2) is 29.9 Å². The molecule has 0 heterocycles. The predicted molar refractivity (Wildman–Crippen MR) is 132 cm³/mol. The van der Waals surface area contributed by atoms with Gasteiger partial charge in [-0.1, -0.05) is 82.4 Å². The van der Waals surface area contributed by atoms with Crippen molar-refractivity contribution in [2.75, 3.05) is 13.1 Å². The van der Waals surface area contributed by atoms with Crippen LogP contribution in [0.3, 0.4) is 0 Å². The third kappa shape index (κ3) is 7.77. The fourth-order valence-corrected chi connectivity index (χ4v) is 6.74. The molecule has 0 saturated carbocycles. The van der Waals surface area contributed by atoms with Crippen LogP contribution in [0.4, 0.5) is 0 Å². The lowest BCUT2D eigenvalue weighted by Crippen LogP contribution is -2.26. The van der Waals surface area contributed by atoms with Gasteiger partial charge in [0.2, 0.25) is 20.0 Å². The van der Waals surface area contributed by atoms with E-state index >= 15 is 0 Å². The Morgan fingerprint density at radius 2 is 0.812 bits per heavy atom. The normalized spacial score (nSPS) is 12.3. The van der Waals surface area contributed by atoms with E-state index in [2.05, 4.69) is 9.44 Å². The number of unbranched alkanes of at least 4 members (excludes halogenated alkanes) is 3. The molecule has 0 unspecified atom stereocenters. The molecule has 0 aromatic heterocycles. The Morgan fingerprint density at radius 1 is 0.500 bits per heavy atom. The molecule has 2 N–H and O–H groups in total. The highest BCUT2D eigenvalue weighted by Gasteiger charge is 2.20. The van der Waals surface area contributed by atoms with Gasteiger partial charge >= 0.3 is 0 Å². The average molecular weight is 603 g/mol. The van der Waals surface area contributed by atoms with Crippen molar-refractivity contribution in [2.24, 2.45) is 0 Å². The van der Waals surface area contributed by atoms with Crippen molar-refractivity contribution in [3.05, 3.63) is 54.4 Å². The van der Waals surface area contributed by atoms with Crippen LogP contribution in [0.5, 0.6) is 0 Å². The lowest BCUT2D eigenvalue weighted by Gasteiger charge is -2.10. The summed E-state index contributed by atoms with van der Waals surface area (Å²) >= 11 is 35.3. The van der Waals surface area contributed by atoms with Crippen molar-refractivity contribution in [3.63, 3.8) is 0 Å². The first-order valence-electron chi connectivity index (χ1n) is 9.13. The Hall–Kier alpha value is -0.000000000000000222. The second-order valence-corrected chi connectivity index (χ2v) is 12.5. The molecule has 0 amide bonds. The molecule has 2 aromatic rings. The first-order valence-corrected chi connectivity index (χ1v) is 14.4. The van der Waals surface area contributed by atoms with Crippen molar-refractivity contribution < 1.29 is 16.8 Å². The van der Waals surface area contributed by atoms with E-state index in [9.17, 15) is 16.8 Å². The fourth-order valence-electron chi connectivity index (χ4n) is 2.59. The summed E-state index contributed by atoms with van der Waals surface area (Å²) in [6.07, 6.45) is 2.44. The van der Waals surface area contributed by atoms with Crippen LogP contribution in [0.1, 0.15) is 25.7 Å². The van der Waals surface area contributed by atoms with Gasteiger partial charge in [-0.25, -0.2) is 26.3 Å². The highest BCUT2D eigenvalue weighted by molar-refractivity contribution is 7.90. The lowest BCUT2D eigenvalue weighted by atomic mass is 10.2. The minimum absolute atomic E-state index is 0.0266. The zero-order valence-corrected chi connectivity index (χ0v) is 22.4. The van der Waals surface area contributed by atoms with E-state index in [-0.39, 0.29) is 53.0 Å². The van der Waals surface area contributed by atoms with Crippen molar-refractivity contribution in [3.8, 4) is 0 Å². The largest absolute Gasteiger partial charge is 0.242 e. The first-order chi connectivity index (χ1) is 14.8. The van der Waals surface area contributed by atoms with Gasteiger partial charge in [-0.3, -0.25) is 0 Å². The van der Waals surface area contributed by atoms with E-state index in [1.807, 2.05) is 0 Å². The van der Waals surface area contributed by atoms with Crippen LogP contribution in [-0.2, 0) is 20.0 Å². The fraction of sp³-hybridized carbons (Fsp3) is 0.333. The number of hydrogen-bond acceptors (Lipinski definition) is 4. The summed E-state index contributed by atoms with van der Waals surface area (Å²) in [5.41, 5.74) is 0. The van der Waals surface area contributed by atoms with Gasteiger partial charge in [-0.2, -0.15) is 0 Å².